The van der Waals surface area contributed by atoms with Gasteiger partial charge in [-0.25, -0.2) is 4.79 Å². The molecule has 3 aliphatic rings. The second-order valence-electron chi connectivity index (χ2n) is 8.29. The van der Waals surface area contributed by atoms with Crippen LogP contribution in [0.15, 0.2) is 35.9 Å². The molecule has 0 aromatic heterocycles. The fraction of sp³-hybridized carbons (Fsp3) is 0.550. The first-order chi connectivity index (χ1) is 11.2. The number of ether oxygens (including phenoxy) is 1. The zero-order valence-electron chi connectivity index (χ0n) is 15.2. The third-order valence-corrected chi connectivity index (χ3v) is 6.06. The van der Waals surface area contributed by atoms with E-state index >= 15 is 0 Å². The first-order valence-electron chi connectivity index (χ1n) is 8.75. The van der Waals surface area contributed by atoms with Crippen LogP contribution in [0, 0.1) is 0 Å². The van der Waals surface area contributed by atoms with Crippen molar-refractivity contribution >= 4 is 11.8 Å². The Balaban J connectivity index is 1.89. The molecule has 0 spiro atoms. The van der Waals surface area contributed by atoms with Crippen molar-refractivity contribution in [2.45, 2.75) is 57.2 Å². The number of benzene rings is 1. The zero-order valence-corrected chi connectivity index (χ0v) is 15.2. The molecule has 1 saturated heterocycles. The van der Waals surface area contributed by atoms with Gasteiger partial charge in [-0.2, -0.15) is 0 Å². The number of likely N-dealkylation sites (N-methyl/N-ethyl adjacent to an activating group) is 1. The molecule has 2 heterocycles. The van der Waals surface area contributed by atoms with Crippen LogP contribution in [-0.4, -0.2) is 35.7 Å². The Bertz CT molecular complexity index is 748. The van der Waals surface area contributed by atoms with Crippen molar-refractivity contribution in [2.24, 2.45) is 0 Å². The molecule has 2 aliphatic heterocycles. The average Bonchev–Trinajstić information content (AvgIpc) is 3.06. The van der Waals surface area contributed by atoms with Crippen LogP contribution in [0.25, 0.3) is 0 Å². The van der Waals surface area contributed by atoms with Gasteiger partial charge in [-0.05, 0) is 52.2 Å². The summed E-state index contributed by atoms with van der Waals surface area (Å²) >= 11 is 0. The number of amides is 1. The summed E-state index contributed by atoms with van der Waals surface area (Å²) in [7, 11) is 2.17. The third-order valence-electron chi connectivity index (χ3n) is 6.06. The number of carbonyl (C=O) groups is 1. The number of likely N-dealkylation sites (tertiary alicyclic amines) is 1. The van der Waals surface area contributed by atoms with E-state index < -0.39 is 5.60 Å². The minimum atomic E-state index is -0.487. The van der Waals surface area contributed by atoms with E-state index in [1.165, 1.54) is 16.8 Å². The van der Waals surface area contributed by atoms with E-state index in [-0.39, 0.29) is 17.2 Å². The van der Waals surface area contributed by atoms with Crippen molar-refractivity contribution < 1.29 is 9.53 Å². The lowest BCUT2D eigenvalue weighted by molar-refractivity contribution is 0.00911. The maximum atomic E-state index is 13.1. The monoisotopic (exact) mass is 326 g/mol. The van der Waals surface area contributed by atoms with Crippen molar-refractivity contribution in [1.29, 1.82) is 0 Å². The summed E-state index contributed by atoms with van der Waals surface area (Å²) in [5.74, 6) is 0. The van der Waals surface area contributed by atoms with Gasteiger partial charge in [0.15, 0.2) is 0 Å². The molecule has 4 rings (SSSR count). The van der Waals surface area contributed by atoms with Crippen LogP contribution in [0.4, 0.5) is 10.5 Å². The molecule has 1 aromatic rings. The normalized spacial score (nSPS) is 30.8. The molecule has 1 aliphatic carbocycles. The van der Waals surface area contributed by atoms with Gasteiger partial charge in [0.05, 0.1) is 5.54 Å². The van der Waals surface area contributed by atoms with Gasteiger partial charge in [-0.1, -0.05) is 24.3 Å². The minimum absolute atomic E-state index is 0.0718. The molecule has 0 radical (unpaired) electrons. The largest absolute Gasteiger partial charge is 0.444 e. The van der Waals surface area contributed by atoms with E-state index in [0.29, 0.717) is 0 Å². The molecule has 0 bridgehead atoms. The smallest absolute Gasteiger partial charge is 0.411 e. The molecule has 0 N–H and O–H groups in total. The number of nitrogens with zero attached hydrogens (tertiary/aromatic N) is 2. The molecule has 1 amide bonds. The van der Waals surface area contributed by atoms with Gasteiger partial charge in [0.1, 0.15) is 11.1 Å². The molecular weight excluding hydrogens is 300 g/mol. The quantitative estimate of drug-likeness (QED) is 0.674. The predicted octanol–water partition coefficient (Wildman–Crippen LogP) is 4.06. The van der Waals surface area contributed by atoms with Crippen LogP contribution in [0.3, 0.4) is 0 Å². The summed E-state index contributed by atoms with van der Waals surface area (Å²) in [5, 5.41) is 0. The number of anilines is 1. The van der Waals surface area contributed by atoms with Crippen molar-refractivity contribution in [3.63, 3.8) is 0 Å². The fourth-order valence-corrected chi connectivity index (χ4v) is 5.20. The molecule has 24 heavy (non-hydrogen) atoms. The summed E-state index contributed by atoms with van der Waals surface area (Å²) in [5.41, 5.74) is 2.79. The van der Waals surface area contributed by atoms with Crippen LogP contribution in [0.1, 0.15) is 46.1 Å². The van der Waals surface area contributed by atoms with Crippen molar-refractivity contribution in [1.82, 2.24) is 4.90 Å². The number of para-hydroxylation sites is 1. The molecule has 4 heteroatoms. The minimum Gasteiger partial charge on any atom is -0.444 e. The lowest BCUT2D eigenvalue weighted by Crippen LogP contribution is -2.58. The highest BCUT2D eigenvalue weighted by atomic mass is 16.6. The Hall–Kier alpha value is -1.97. The average molecular weight is 326 g/mol. The molecule has 0 saturated carbocycles. The summed E-state index contributed by atoms with van der Waals surface area (Å²) in [6.07, 6.45) is 4.04. The van der Waals surface area contributed by atoms with Gasteiger partial charge in [0, 0.05) is 24.8 Å². The van der Waals surface area contributed by atoms with Crippen LogP contribution in [0.2, 0.25) is 0 Å². The van der Waals surface area contributed by atoms with E-state index in [4.69, 9.17) is 4.74 Å². The lowest BCUT2D eigenvalue weighted by Gasteiger charge is -2.44. The highest BCUT2D eigenvalue weighted by Crippen LogP contribution is 2.65. The van der Waals surface area contributed by atoms with Gasteiger partial charge in [0.2, 0.25) is 0 Å². The first kappa shape index (κ1) is 15.6. The predicted molar refractivity (Wildman–Crippen MR) is 95.2 cm³/mol. The molecule has 1 fully saturated rings. The number of hydrogen-bond acceptors (Lipinski definition) is 3. The topological polar surface area (TPSA) is 32.8 Å². The van der Waals surface area contributed by atoms with Gasteiger partial charge in [0.25, 0.3) is 0 Å². The zero-order chi connectivity index (χ0) is 17.3. The number of hydrogen-bond donors (Lipinski definition) is 0. The first-order valence-corrected chi connectivity index (χ1v) is 8.75. The Morgan fingerprint density at radius 1 is 1.25 bits per heavy atom. The summed E-state index contributed by atoms with van der Waals surface area (Å²) in [6.45, 7) is 8.69. The van der Waals surface area contributed by atoms with E-state index in [1.807, 2.05) is 25.7 Å². The second-order valence-corrected chi connectivity index (χ2v) is 8.29. The maximum absolute atomic E-state index is 13.1. The molecule has 2 atom stereocenters. The van der Waals surface area contributed by atoms with E-state index in [2.05, 4.69) is 49.2 Å². The molecule has 128 valence electrons. The Kier molecular flexibility index (Phi) is 2.95. The van der Waals surface area contributed by atoms with Crippen LogP contribution < -0.4 is 4.90 Å². The van der Waals surface area contributed by atoms with Gasteiger partial charge >= 0.3 is 6.09 Å². The summed E-state index contributed by atoms with van der Waals surface area (Å²) < 4.78 is 5.77. The van der Waals surface area contributed by atoms with Crippen molar-refractivity contribution in [3.8, 4) is 0 Å². The maximum Gasteiger partial charge on any atom is 0.411 e. The van der Waals surface area contributed by atoms with Crippen LogP contribution in [-0.2, 0) is 10.3 Å². The van der Waals surface area contributed by atoms with Gasteiger partial charge < -0.3 is 9.64 Å². The van der Waals surface area contributed by atoms with Crippen LogP contribution >= 0.6 is 0 Å². The number of carbonyl (C=O) groups excluding carboxylic acids is 1. The van der Waals surface area contributed by atoms with E-state index in [9.17, 15) is 4.79 Å². The van der Waals surface area contributed by atoms with E-state index in [1.54, 1.807) is 0 Å². The molecule has 4 nitrogen and oxygen atoms in total. The van der Waals surface area contributed by atoms with Crippen molar-refractivity contribution in [2.75, 3.05) is 18.5 Å². The highest BCUT2D eigenvalue weighted by Gasteiger charge is 2.71. The molecule has 1 aromatic carbocycles. The van der Waals surface area contributed by atoms with Crippen LogP contribution in [0.5, 0.6) is 0 Å². The Morgan fingerprint density at radius 2 is 1.96 bits per heavy atom. The van der Waals surface area contributed by atoms with Gasteiger partial charge in [-0.15, -0.1) is 0 Å². The van der Waals surface area contributed by atoms with E-state index in [0.717, 1.165) is 19.4 Å². The fourth-order valence-electron chi connectivity index (χ4n) is 5.20. The summed E-state index contributed by atoms with van der Waals surface area (Å²) in [6, 6.07) is 8.51. The third kappa shape index (κ3) is 1.61. The number of fused-ring (bicyclic) bond motifs is 1. The highest BCUT2D eigenvalue weighted by molar-refractivity contribution is 5.79. The standard InChI is InChI=1S/C20H26N2O2/c1-14-10-11-19-12-13-22(17(23)24-18(2,3)4)20(14,19)15-8-6-7-9-16(15)21(19)5/h6-10H,11-13H2,1-5H3. The molecule has 2 unspecified atom stereocenters. The SMILES string of the molecule is CC1=CCC23CCN(C(=O)OC(C)(C)C)C12c1ccccc1N3C. The van der Waals surface area contributed by atoms with Gasteiger partial charge in [-0.3, -0.25) is 4.90 Å². The second kappa shape index (κ2) is 4.56. The number of rotatable bonds is 0. The Labute approximate surface area is 144 Å². The summed E-state index contributed by atoms with van der Waals surface area (Å²) in [4.78, 5) is 17.4. The lowest BCUT2D eigenvalue weighted by atomic mass is 9.75. The molecular formula is C20H26N2O2. The Morgan fingerprint density at radius 3 is 2.67 bits per heavy atom. The van der Waals surface area contributed by atoms with Crippen molar-refractivity contribution in [3.05, 3.63) is 41.5 Å².